The number of thiophene rings is 1. The summed E-state index contributed by atoms with van der Waals surface area (Å²) in [5, 5.41) is 0.517. The number of nitrogens with zero attached hydrogens (tertiary/aromatic N) is 1. The number of aromatic nitrogens is 2. The van der Waals surface area contributed by atoms with Crippen molar-refractivity contribution in [2.45, 2.75) is 37.6 Å². The highest BCUT2D eigenvalue weighted by molar-refractivity contribution is 8.00. The summed E-state index contributed by atoms with van der Waals surface area (Å²) in [6.45, 7) is 5.84. The Balaban J connectivity index is 2.18. The van der Waals surface area contributed by atoms with Crippen LogP contribution in [0.1, 0.15) is 23.8 Å². The van der Waals surface area contributed by atoms with Gasteiger partial charge >= 0.3 is 0 Å². The van der Waals surface area contributed by atoms with Crippen LogP contribution < -0.4 is 16.0 Å². The van der Waals surface area contributed by atoms with E-state index in [9.17, 15) is 9.59 Å². The zero-order valence-electron chi connectivity index (χ0n) is 15.6. The Morgan fingerprint density at radius 3 is 2.78 bits per heavy atom. The SMILES string of the molecule is CCC(Sc1nc2sc(C)c(-c3cc(C)ccc3OC)c2c(=O)[nH]1)C(N)=O. The number of carbonyl (C=O) groups excluding carboxylic acids is 1. The van der Waals surface area contributed by atoms with Gasteiger partial charge in [0.25, 0.3) is 5.56 Å². The smallest absolute Gasteiger partial charge is 0.260 e. The second-order valence-corrected chi connectivity index (χ2v) is 8.60. The van der Waals surface area contributed by atoms with Crippen LogP contribution in [0.25, 0.3) is 21.3 Å². The third-order valence-corrected chi connectivity index (χ3v) is 6.55. The Bertz CT molecular complexity index is 1070. The van der Waals surface area contributed by atoms with E-state index in [1.807, 2.05) is 39.0 Å². The molecule has 0 aliphatic heterocycles. The predicted octanol–water partition coefficient (Wildman–Crippen LogP) is 3.63. The number of nitrogens with two attached hydrogens (primary N) is 1. The van der Waals surface area contributed by atoms with E-state index in [4.69, 9.17) is 10.5 Å². The first kappa shape index (κ1) is 19.4. The molecule has 0 aliphatic rings. The van der Waals surface area contributed by atoms with Gasteiger partial charge in [-0.15, -0.1) is 11.3 Å². The fourth-order valence-electron chi connectivity index (χ4n) is 2.97. The van der Waals surface area contributed by atoms with E-state index in [2.05, 4.69) is 9.97 Å². The molecule has 3 rings (SSSR count). The molecule has 2 aromatic heterocycles. The Morgan fingerprint density at radius 2 is 2.15 bits per heavy atom. The summed E-state index contributed by atoms with van der Waals surface area (Å²) in [6.07, 6.45) is 0.566. The van der Waals surface area contributed by atoms with E-state index in [0.29, 0.717) is 27.5 Å². The average molecular weight is 404 g/mol. The molecular weight excluding hydrogens is 382 g/mol. The quantitative estimate of drug-likeness (QED) is 0.484. The van der Waals surface area contributed by atoms with Crippen LogP contribution in [0.2, 0.25) is 0 Å². The molecule has 1 atom stereocenters. The van der Waals surface area contributed by atoms with Crippen molar-refractivity contribution >= 4 is 39.2 Å². The number of nitrogens with one attached hydrogen (secondary N) is 1. The number of hydrogen-bond acceptors (Lipinski definition) is 6. The van der Waals surface area contributed by atoms with Crippen molar-refractivity contribution in [2.75, 3.05) is 7.11 Å². The fraction of sp³-hybridized carbons (Fsp3) is 0.316. The molecule has 1 unspecified atom stereocenters. The highest BCUT2D eigenvalue weighted by Crippen LogP contribution is 2.40. The molecule has 3 N–H and O–H groups in total. The minimum Gasteiger partial charge on any atom is -0.496 e. The van der Waals surface area contributed by atoms with Crippen LogP contribution in [0.3, 0.4) is 0 Å². The number of aryl methyl sites for hydroxylation is 2. The topological polar surface area (TPSA) is 98.1 Å². The van der Waals surface area contributed by atoms with Crippen molar-refractivity contribution in [3.63, 3.8) is 0 Å². The van der Waals surface area contributed by atoms with Gasteiger partial charge in [-0.1, -0.05) is 30.3 Å². The van der Waals surface area contributed by atoms with Crippen LogP contribution >= 0.6 is 23.1 Å². The number of fused-ring (bicyclic) bond motifs is 1. The zero-order chi connectivity index (χ0) is 19.7. The Kier molecular flexibility index (Phi) is 5.57. The van der Waals surface area contributed by atoms with Gasteiger partial charge in [-0.3, -0.25) is 9.59 Å². The molecule has 1 aromatic carbocycles. The highest BCUT2D eigenvalue weighted by Gasteiger charge is 2.21. The van der Waals surface area contributed by atoms with Crippen LogP contribution in [0.4, 0.5) is 0 Å². The molecule has 27 heavy (non-hydrogen) atoms. The summed E-state index contributed by atoms with van der Waals surface area (Å²) in [5.41, 5.74) is 7.96. The largest absolute Gasteiger partial charge is 0.496 e. The maximum absolute atomic E-state index is 12.9. The first-order valence-corrected chi connectivity index (χ1v) is 10.2. The van der Waals surface area contributed by atoms with E-state index >= 15 is 0 Å². The molecular formula is C19H21N3O3S2. The van der Waals surface area contributed by atoms with Crippen LogP contribution in [-0.2, 0) is 4.79 Å². The van der Waals surface area contributed by atoms with Crippen LogP contribution in [0.15, 0.2) is 28.2 Å². The summed E-state index contributed by atoms with van der Waals surface area (Å²) in [4.78, 5) is 33.4. The molecule has 8 heteroatoms. The minimum absolute atomic E-state index is 0.232. The summed E-state index contributed by atoms with van der Waals surface area (Å²) < 4.78 is 5.50. The van der Waals surface area contributed by atoms with Gasteiger partial charge < -0.3 is 15.5 Å². The van der Waals surface area contributed by atoms with Crippen LogP contribution in [-0.4, -0.2) is 28.2 Å². The van der Waals surface area contributed by atoms with Gasteiger partial charge in [0.2, 0.25) is 5.91 Å². The van der Waals surface area contributed by atoms with Gasteiger partial charge in [-0.25, -0.2) is 4.98 Å². The van der Waals surface area contributed by atoms with E-state index < -0.39 is 11.2 Å². The number of carbonyl (C=O) groups is 1. The number of hydrogen-bond donors (Lipinski definition) is 2. The number of H-pyrrole nitrogens is 1. The van der Waals surface area contributed by atoms with Gasteiger partial charge in [0.05, 0.1) is 17.7 Å². The molecule has 0 bridgehead atoms. The Hall–Kier alpha value is -2.32. The lowest BCUT2D eigenvalue weighted by atomic mass is 10.0. The molecule has 1 amide bonds. The van der Waals surface area contributed by atoms with Crippen molar-refractivity contribution in [2.24, 2.45) is 5.73 Å². The van der Waals surface area contributed by atoms with Crippen LogP contribution in [0.5, 0.6) is 5.75 Å². The second kappa shape index (κ2) is 7.74. The van der Waals surface area contributed by atoms with Crippen LogP contribution in [0, 0.1) is 13.8 Å². The molecule has 0 fully saturated rings. The number of methoxy groups -OCH3 is 1. The third kappa shape index (κ3) is 3.72. The first-order valence-electron chi connectivity index (χ1n) is 8.50. The maximum atomic E-state index is 12.9. The van der Waals surface area contributed by atoms with Crippen molar-refractivity contribution in [1.82, 2.24) is 9.97 Å². The maximum Gasteiger partial charge on any atom is 0.260 e. The number of rotatable bonds is 6. The van der Waals surface area contributed by atoms with Crippen molar-refractivity contribution in [3.8, 4) is 16.9 Å². The minimum atomic E-state index is -0.428. The normalized spacial score (nSPS) is 12.3. The highest BCUT2D eigenvalue weighted by atomic mass is 32.2. The van der Waals surface area contributed by atoms with Gasteiger partial charge in [0.1, 0.15) is 10.6 Å². The molecule has 0 saturated carbocycles. The van der Waals surface area contributed by atoms with Gasteiger partial charge in [-0.2, -0.15) is 0 Å². The lowest BCUT2D eigenvalue weighted by molar-refractivity contribution is -0.117. The van der Waals surface area contributed by atoms with E-state index in [1.165, 1.54) is 23.1 Å². The zero-order valence-corrected chi connectivity index (χ0v) is 17.2. The molecule has 0 radical (unpaired) electrons. The lowest BCUT2D eigenvalue weighted by Gasteiger charge is -2.11. The van der Waals surface area contributed by atoms with Crippen molar-refractivity contribution in [1.29, 1.82) is 0 Å². The number of aromatic amines is 1. The van der Waals surface area contributed by atoms with Crippen molar-refractivity contribution in [3.05, 3.63) is 39.0 Å². The standard InChI is InChI=1S/C19H21N3O3S2/c1-5-13(16(20)23)27-19-21-17(24)15-14(10(3)26-18(15)22-19)11-8-9(2)6-7-12(11)25-4/h6-8,13H,5H2,1-4H3,(H2,20,23)(H,21,22,24). The molecule has 0 spiro atoms. The monoisotopic (exact) mass is 403 g/mol. The molecule has 6 nitrogen and oxygen atoms in total. The average Bonchev–Trinajstić information content (AvgIpc) is 2.95. The van der Waals surface area contributed by atoms with Gasteiger partial charge in [-0.05, 0) is 32.4 Å². The molecule has 0 aliphatic carbocycles. The van der Waals surface area contributed by atoms with Gasteiger partial charge in [0.15, 0.2) is 5.16 Å². The first-order chi connectivity index (χ1) is 12.8. The molecule has 3 aromatic rings. The van der Waals surface area contributed by atoms with E-state index in [-0.39, 0.29) is 5.56 Å². The van der Waals surface area contributed by atoms with E-state index in [1.54, 1.807) is 7.11 Å². The number of amides is 1. The summed E-state index contributed by atoms with van der Waals surface area (Å²) in [7, 11) is 1.62. The predicted molar refractivity (Wildman–Crippen MR) is 111 cm³/mol. The lowest BCUT2D eigenvalue weighted by Crippen LogP contribution is -2.25. The molecule has 142 valence electrons. The summed E-state index contributed by atoms with van der Waals surface area (Å²) in [6, 6.07) is 5.88. The van der Waals surface area contributed by atoms with E-state index in [0.717, 1.165) is 21.6 Å². The van der Waals surface area contributed by atoms with Gasteiger partial charge in [0, 0.05) is 16.0 Å². The number of benzene rings is 1. The molecule has 2 heterocycles. The Morgan fingerprint density at radius 1 is 1.41 bits per heavy atom. The van der Waals surface area contributed by atoms with Crippen molar-refractivity contribution < 1.29 is 9.53 Å². The summed E-state index contributed by atoms with van der Waals surface area (Å²) >= 11 is 2.64. The summed E-state index contributed by atoms with van der Waals surface area (Å²) in [5.74, 6) is 0.291. The Labute approximate surface area is 165 Å². The second-order valence-electron chi connectivity index (χ2n) is 6.21. The number of ether oxygens (including phenoxy) is 1. The molecule has 0 saturated heterocycles. The third-order valence-electron chi connectivity index (χ3n) is 4.28. The fourth-order valence-corrected chi connectivity index (χ4v) is 4.92. The number of thioether (sulfide) groups is 1. The number of primary amides is 1.